The van der Waals surface area contributed by atoms with E-state index in [0.29, 0.717) is 11.5 Å². The summed E-state index contributed by atoms with van der Waals surface area (Å²) in [6.07, 6.45) is 2.00. The van der Waals surface area contributed by atoms with Crippen molar-refractivity contribution in [3.8, 4) is 39.9 Å². The van der Waals surface area contributed by atoms with Crippen molar-refractivity contribution in [1.29, 1.82) is 0 Å². The van der Waals surface area contributed by atoms with Crippen LogP contribution in [0.2, 0.25) is 0 Å². The van der Waals surface area contributed by atoms with Crippen molar-refractivity contribution in [2.24, 2.45) is 7.05 Å². The molecule has 0 bridgehead atoms. The van der Waals surface area contributed by atoms with Crippen LogP contribution in [0.3, 0.4) is 0 Å². The van der Waals surface area contributed by atoms with Crippen molar-refractivity contribution < 1.29 is 14.2 Å². The first-order valence-electron chi connectivity index (χ1n) is 7.56. The van der Waals surface area contributed by atoms with Gasteiger partial charge in [0.25, 0.3) is 0 Å². The fraction of sp³-hybridized carbons (Fsp3) is 0.211. The van der Waals surface area contributed by atoms with Gasteiger partial charge < -0.3 is 18.8 Å². The van der Waals surface area contributed by atoms with Crippen LogP contribution in [0, 0.1) is 0 Å². The third-order valence-electron chi connectivity index (χ3n) is 3.90. The van der Waals surface area contributed by atoms with Crippen LogP contribution in [0.15, 0.2) is 48.7 Å². The SMILES string of the molecule is COc1ccc(-c2nc(-c3ccc(OC)c(OC)c3)cn2C)cc1. The number of hydrogen-bond acceptors (Lipinski definition) is 4. The molecule has 2 aromatic carbocycles. The number of imidazole rings is 1. The molecule has 0 fully saturated rings. The Balaban J connectivity index is 1.99. The summed E-state index contributed by atoms with van der Waals surface area (Å²) in [6, 6.07) is 13.6. The van der Waals surface area contributed by atoms with Crippen LogP contribution in [0.4, 0.5) is 0 Å². The van der Waals surface area contributed by atoms with Gasteiger partial charge in [-0.05, 0) is 42.5 Å². The Bertz CT molecular complexity index is 838. The number of benzene rings is 2. The van der Waals surface area contributed by atoms with E-state index in [1.54, 1.807) is 21.3 Å². The quantitative estimate of drug-likeness (QED) is 0.716. The molecule has 0 saturated carbocycles. The predicted octanol–water partition coefficient (Wildman–Crippen LogP) is 3.78. The van der Waals surface area contributed by atoms with Gasteiger partial charge in [0.15, 0.2) is 11.5 Å². The summed E-state index contributed by atoms with van der Waals surface area (Å²) in [5, 5.41) is 0. The molecular weight excluding hydrogens is 304 g/mol. The molecule has 1 heterocycles. The summed E-state index contributed by atoms with van der Waals surface area (Å²) in [5.74, 6) is 3.11. The van der Waals surface area contributed by atoms with E-state index in [2.05, 4.69) is 0 Å². The Labute approximate surface area is 141 Å². The van der Waals surface area contributed by atoms with Crippen molar-refractivity contribution in [1.82, 2.24) is 9.55 Å². The van der Waals surface area contributed by atoms with Crippen LogP contribution in [-0.2, 0) is 7.05 Å². The molecule has 3 aromatic rings. The molecule has 5 nitrogen and oxygen atoms in total. The number of aromatic nitrogens is 2. The topological polar surface area (TPSA) is 45.5 Å². The minimum atomic E-state index is 0.687. The maximum absolute atomic E-state index is 5.37. The first kappa shape index (κ1) is 15.9. The van der Waals surface area contributed by atoms with Crippen molar-refractivity contribution in [3.05, 3.63) is 48.7 Å². The zero-order chi connectivity index (χ0) is 17.1. The summed E-state index contributed by atoms with van der Waals surface area (Å²) in [4.78, 5) is 4.76. The van der Waals surface area contributed by atoms with Crippen LogP contribution in [-0.4, -0.2) is 30.9 Å². The van der Waals surface area contributed by atoms with Crippen LogP contribution >= 0.6 is 0 Å². The number of nitrogens with zero attached hydrogens (tertiary/aromatic N) is 2. The Morgan fingerprint density at radius 2 is 1.46 bits per heavy atom. The molecule has 24 heavy (non-hydrogen) atoms. The van der Waals surface area contributed by atoms with E-state index in [1.165, 1.54) is 0 Å². The third-order valence-corrected chi connectivity index (χ3v) is 3.90. The second-order valence-corrected chi connectivity index (χ2v) is 5.36. The van der Waals surface area contributed by atoms with Crippen LogP contribution in [0.25, 0.3) is 22.6 Å². The molecule has 124 valence electrons. The highest BCUT2D eigenvalue weighted by Crippen LogP contribution is 2.33. The maximum atomic E-state index is 5.37. The molecule has 0 amide bonds. The minimum absolute atomic E-state index is 0.687. The van der Waals surface area contributed by atoms with Gasteiger partial charge in [0.1, 0.15) is 11.6 Å². The molecule has 0 unspecified atom stereocenters. The molecule has 0 aliphatic carbocycles. The van der Waals surface area contributed by atoms with Crippen molar-refractivity contribution in [3.63, 3.8) is 0 Å². The largest absolute Gasteiger partial charge is 0.497 e. The molecule has 0 atom stereocenters. The van der Waals surface area contributed by atoms with Gasteiger partial charge in [-0.3, -0.25) is 0 Å². The molecule has 1 aromatic heterocycles. The van der Waals surface area contributed by atoms with Gasteiger partial charge in [-0.1, -0.05) is 0 Å². The number of methoxy groups -OCH3 is 3. The molecular formula is C19H20N2O3. The first-order chi connectivity index (χ1) is 11.7. The lowest BCUT2D eigenvalue weighted by Gasteiger charge is -2.08. The summed E-state index contributed by atoms with van der Waals surface area (Å²) in [6.45, 7) is 0. The van der Waals surface area contributed by atoms with E-state index in [4.69, 9.17) is 19.2 Å². The number of hydrogen-bond donors (Lipinski definition) is 0. The normalized spacial score (nSPS) is 10.5. The highest BCUT2D eigenvalue weighted by Gasteiger charge is 2.12. The lowest BCUT2D eigenvalue weighted by atomic mass is 10.1. The lowest BCUT2D eigenvalue weighted by molar-refractivity contribution is 0.355. The third kappa shape index (κ3) is 2.93. The monoisotopic (exact) mass is 324 g/mol. The van der Waals surface area contributed by atoms with Crippen LogP contribution in [0.1, 0.15) is 0 Å². The van der Waals surface area contributed by atoms with Crippen LogP contribution in [0.5, 0.6) is 17.2 Å². The van der Waals surface area contributed by atoms with E-state index in [9.17, 15) is 0 Å². The van der Waals surface area contributed by atoms with Crippen molar-refractivity contribution >= 4 is 0 Å². The highest BCUT2D eigenvalue weighted by atomic mass is 16.5. The summed E-state index contributed by atoms with van der Waals surface area (Å²) < 4.78 is 17.9. The standard InChI is InChI=1S/C19H20N2O3/c1-21-12-16(14-7-10-17(23-3)18(11-14)24-4)20-19(21)13-5-8-15(22-2)9-6-13/h5-12H,1-4H3. The second kappa shape index (κ2) is 6.66. The first-order valence-corrected chi connectivity index (χ1v) is 7.56. The zero-order valence-electron chi connectivity index (χ0n) is 14.2. The Morgan fingerprint density at radius 1 is 0.792 bits per heavy atom. The van der Waals surface area contributed by atoms with Gasteiger partial charge in [0.2, 0.25) is 0 Å². The molecule has 3 rings (SSSR count). The Kier molecular flexibility index (Phi) is 4.42. The summed E-state index contributed by atoms with van der Waals surface area (Å²) in [7, 11) is 6.89. The van der Waals surface area contributed by atoms with Crippen LogP contribution < -0.4 is 14.2 Å². The number of ether oxygens (including phenoxy) is 3. The van der Waals surface area contributed by atoms with Gasteiger partial charge >= 0.3 is 0 Å². The molecule has 5 heteroatoms. The summed E-state index contributed by atoms with van der Waals surface area (Å²) in [5.41, 5.74) is 2.89. The fourth-order valence-electron chi connectivity index (χ4n) is 2.61. The second-order valence-electron chi connectivity index (χ2n) is 5.36. The van der Waals surface area contributed by atoms with Gasteiger partial charge in [-0.25, -0.2) is 4.98 Å². The van der Waals surface area contributed by atoms with E-state index in [1.807, 2.05) is 60.3 Å². The number of aryl methyl sites for hydroxylation is 1. The molecule has 0 spiro atoms. The van der Waals surface area contributed by atoms with Crippen molar-refractivity contribution in [2.45, 2.75) is 0 Å². The average molecular weight is 324 g/mol. The fourth-order valence-corrected chi connectivity index (χ4v) is 2.61. The summed E-state index contributed by atoms with van der Waals surface area (Å²) >= 11 is 0. The lowest BCUT2D eigenvalue weighted by Crippen LogP contribution is -1.91. The van der Waals surface area contributed by atoms with Gasteiger partial charge in [-0.15, -0.1) is 0 Å². The Morgan fingerprint density at radius 3 is 2.08 bits per heavy atom. The highest BCUT2D eigenvalue weighted by molar-refractivity contribution is 5.68. The van der Waals surface area contributed by atoms with E-state index in [-0.39, 0.29) is 0 Å². The molecule has 0 aliphatic heterocycles. The zero-order valence-corrected chi connectivity index (χ0v) is 14.2. The Hall–Kier alpha value is -2.95. The number of rotatable bonds is 5. The van der Waals surface area contributed by atoms with E-state index < -0.39 is 0 Å². The average Bonchev–Trinajstić information content (AvgIpc) is 3.03. The van der Waals surface area contributed by atoms with Crippen molar-refractivity contribution in [2.75, 3.05) is 21.3 Å². The predicted molar refractivity (Wildman–Crippen MR) is 93.7 cm³/mol. The molecule has 0 radical (unpaired) electrons. The van der Waals surface area contributed by atoms with Gasteiger partial charge in [-0.2, -0.15) is 0 Å². The van der Waals surface area contributed by atoms with Gasteiger partial charge in [0.05, 0.1) is 27.0 Å². The molecule has 0 saturated heterocycles. The van der Waals surface area contributed by atoms with E-state index in [0.717, 1.165) is 28.4 Å². The van der Waals surface area contributed by atoms with Gasteiger partial charge in [0, 0.05) is 24.4 Å². The molecule has 0 N–H and O–H groups in total. The molecule has 0 aliphatic rings. The maximum Gasteiger partial charge on any atom is 0.161 e. The smallest absolute Gasteiger partial charge is 0.161 e. The van der Waals surface area contributed by atoms with E-state index >= 15 is 0 Å². The minimum Gasteiger partial charge on any atom is -0.497 e.